The van der Waals surface area contributed by atoms with Crippen LogP contribution >= 0.6 is 0 Å². The number of morpholine rings is 1. The molecular weight excluding hydrogens is 326 g/mol. The summed E-state index contributed by atoms with van der Waals surface area (Å²) in [4.78, 5) is 21.8. The highest BCUT2D eigenvalue weighted by molar-refractivity contribution is 5.93. The summed E-state index contributed by atoms with van der Waals surface area (Å²) in [6, 6.07) is 3.87. The Kier molecular flexibility index (Phi) is 6.30. The largest absolute Gasteiger partial charge is 0.372 e. The fourth-order valence-corrected chi connectivity index (χ4v) is 4.21. The van der Waals surface area contributed by atoms with E-state index in [-0.39, 0.29) is 11.5 Å². The summed E-state index contributed by atoms with van der Waals surface area (Å²) in [5, 5.41) is 0. The van der Waals surface area contributed by atoms with Crippen molar-refractivity contribution in [2.24, 2.45) is 5.92 Å². The third-order valence-electron chi connectivity index (χ3n) is 5.57. The molecule has 26 heavy (non-hydrogen) atoms. The van der Waals surface area contributed by atoms with Crippen LogP contribution in [-0.2, 0) is 11.2 Å². The fraction of sp³-hybridized carbons (Fsp3) is 0.714. The molecule has 0 radical (unpaired) electrons. The number of hydrogen-bond donors (Lipinski definition) is 0. The topological polar surface area (TPSA) is 45.7 Å². The second kappa shape index (κ2) is 8.49. The molecule has 144 valence electrons. The number of aromatic nitrogens is 1. The lowest BCUT2D eigenvalue weighted by Crippen LogP contribution is -2.53. The molecule has 0 aliphatic carbocycles. The quantitative estimate of drug-likeness (QED) is 0.829. The molecule has 1 aromatic heterocycles. The Bertz CT molecular complexity index is 602. The van der Waals surface area contributed by atoms with Gasteiger partial charge in [0.15, 0.2) is 0 Å². The number of amides is 1. The van der Waals surface area contributed by atoms with Crippen molar-refractivity contribution in [1.82, 2.24) is 14.8 Å². The average molecular weight is 360 g/mol. The first-order valence-corrected chi connectivity index (χ1v) is 10.1. The van der Waals surface area contributed by atoms with Crippen LogP contribution in [0.5, 0.6) is 0 Å². The summed E-state index contributed by atoms with van der Waals surface area (Å²) in [6.45, 7) is 12.2. The van der Waals surface area contributed by atoms with E-state index in [9.17, 15) is 4.79 Å². The molecule has 2 fully saturated rings. The molecule has 3 heterocycles. The van der Waals surface area contributed by atoms with Crippen LogP contribution < -0.4 is 0 Å². The van der Waals surface area contributed by atoms with Gasteiger partial charge in [0.2, 0.25) is 0 Å². The summed E-state index contributed by atoms with van der Waals surface area (Å²) in [7, 11) is 0. The third kappa shape index (κ3) is 4.63. The molecule has 0 N–H and O–H groups in total. The number of aryl methyl sites for hydroxylation is 1. The van der Waals surface area contributed by atoms with Gasteiger partial charge in [0.1, 0.15) is 0 Å². The maximum Gasteiger partial charge on any atom is 0.255 e. The van der Waals surface area contributed by atoms with E-state index in [4.69, 9.17) is 4.74 Å². The average Bonchev–Trinajstić information content (AvgIpc) is 2.83. The van der Waals surface area contributed by atoms with Gasteiger partial charge in [0, 0.05) is 44.6 Å². The maximum atomic E-state index is 12.9. The monoisotopic (exact) mass is 359 g/mol. The van der Waals surface area contributed by atoms with Crippen LogP contribution in [0.25, 0.3) is 0 Å². The summed E-state index contributed by atoms with van der Waals surface area (Å²) in [5.74, 6) is 0.777. The van der Waals surface area contributed by atoms with Crippen LogP contribution in [-0.4, -0.2) is 65.6 Å². The van der Waals surface area contributed by atoms with E-state index < -0.39 is 0 Å². The molecule has 1 amide bonds. The zero-order valence-electron chi connectivity index (χ0n) is 16.5. The third-order valence-corrected chi connectivity index (χ3v) is 5.57. The molecule has 5 nitrogen and oxygen atoms in total. The van der Waals surface area contributed by atoms with Gasteiger partial charge in [-0.25, -0.2) is 0 Å². The first-order valence-electron chi connectivity index (χ1n) is 10.1. The normalized spacial score (nSPS) is 24.8. The molecule has 1 spiro atoms. The SMILES string of the molecule is CCc1ccc(C(=O)N2CCCC3(CC2)CN(CC(C)C)CCO3)cn1. The summed E-state index contributed by atoms with van der Waals surface area (Å²) in [5.41, 5.74) is 1.65. The molecule has 0 saturated carbocycles. The Morgan fingerprint density at radius 3 is 2.81 bits per heavy atom. The molecular formula is C21H33N3O2. The van der Waals surface area contributed by atoms with Crippen LogP contribution in [0.1, 0.15) is 56.1 Å². The summed E-state index contributed by atoms with van der Waals surface area (Å²) in [6.07, 6.45) is 5.59. The number of rotatable bonds is 4. The van der Waals surface area contributed by atoms with Gasteiger partial charge < -0.3 is 9.64 Å². The maximum absolute atomic E-state index is 12.9. The Balaban J connectivity index is 1.62. The molecule has 2 aliphatic rings. The number of carbonyl (C=O) groups excluding carboxylic acids is 1. The minimum absolute atomic E-state index is 0.0769. The Morgan fingerprint density at radius 2 is 2.12 bits per heavy atom. The van der Waals surface area contributed by atoms with E-state index in [0.717, 1.165) is 70.7 Å². The molecule has 5 heteroatoms. The first-order chi connectivity index (χ1) is 12.5. The number of likely N-dealkylation sites (tertiary alicyclic amines) is 1. The van der Waals surface area contributed by atoms with Crippen molar-refractivity contribution in [2.45, 2.75) is 52.1 Å². The van der Waals surface area contributed by atoms with Gasteiger partial charge in [0.05, 0.1) is 17.8 Å². The van der Waals surface area contributed by atoms with Crippen LogP contribution in [0, 0.1) is 5.92 Å². The molecule has 0 aromatic carbocycles. The molecule has 0 bridgehead atoms. The lowest BCUT2D eigenvalue weighted by Gasteiger charge is -2.43. The number of carbonyl (C=O) groups is 1. The zero-order valence-corrected chi connectivity index (χ0v) is 16.5. The second-order valence-electron chi connectivity index (χ2n) is 8.20. The van der Waals surface area contributed by atoms with Gasteiger partial charge in [-0.05, 0) is 43.7 Å². The number of ether oxygens (including phenoxy) is 1. The van der Waals surface area contributed by atoms with E-state index in [1.807, 2.05) is 17.0 Å². The Morgan fingerprint density at radius 1 is 1.27 bits per heavy atom. The van der Waals surface area contributed by atoms with Crippen molar-refractivity contribution in [2.75, 3.05) is 39.3 Å². The summed E-state index contributed by atoms with van der Waals surface area (Å²) >= 11 is 0. The van der Waals surface area contributed by atoms with Crippen molar-refractivity contribution >= 4 is 5.91 Å². The van der Waals surface area contributed by atoms with Gasteiger partial charge >= 0.3 is 0 Å². The van der Waals surface area contributed by atoms with Crippen molar-refractivity contribution in [1.29, 1.82) is 0 Å². The number of pyridine rings is 1. The van der Waals surface area contributed by atoms with Crippen molar-refractivity contribution in [3.63, 3.8) is 0 Å². The highest BCUT2D eigenvalue weighted by Crippen LogP contribution is 2.31. The number of nitrogens with zero attached hydrogens (tertiary/aromatic N) is 3. The van der Waals surface area contributed by atoms with E-state index in [2.05, 4.69) is 30.7 Å². The zero-order chi connectivity index (χ0) is 18.6. The van der Waals surface area contributed by atoms with E-state index in [0.29, 0.717) is 11.5 Å². The van der Waals surface area contributed by atoms with Gasteiger partial charge in [0.25, 0.3) is 5.91 Å². The number of hydrogen-bond acceptors (Lipinski definition) is 4. The standard InChI is InChI=1S/C21H33N3O2/c1-4-19-7-6-18(14-22-19)20(25)24-10-5-8-21(9-11-24)16-23(12-13-26-21)15-17(2)3/h6-7,14,17H,4-5,8-13,15-16H2,1-3H3. The van der Waals surface area contributed by atoms with Gasteiger partial charge in [-0.3, -0.25) is 14.7 Å². The lowest BCUT2D eigenvalue weighted by molar-refractivity contribution is -0.117. The van der Waals surface area contributed by atoms with E-state index in [1.165, 1.54) is 0 Å². The first kappa shape index (κ1) is 19.3. The summed E-state index contributed by atoms with van der Waals surface area (Å²) < 4.78 is 6.27. The Hall–Kier alpha value is -1.46. The van der Waals surface area contributed by atoms with E-state index in [1.54, 1.807) is 6.20 Å². The van der Waals surface area contributed by atoms with E-state index >= 15 is 0 Å². The van der Waals surface area contributed by atoms with Crippen LogP contribution in [0.4, 0.5) is 0 Å². The van der Waals surface area contributed by atoms with Crippen molar-refractivity contribution in [3.8, 4) is 0 Å². The Labute approximate surface area is 157 Å². The smallest absolute Gasteiger partial charge is 0.255 e. The van der Waals surface area contributed by atoms with Crippen LogP contribution in [0.2, 0.25) is 0 Å². The van der Waals surface area contributed by atoms with Gasteiger partial charge in [-0.2, -0.15) is 0 Å². The van der Waals surface area contributed by atoms with Crippen LogP contribution in [0.15, 0.2) is 18.3 Å². The highest BCUT2D eigenvalue weighted by atomic mass is 16.5. The van der Waals surface area contributed by atoms with Gasteiger partial charge in [-0.1, -0.05) is 20.8 Å². The van der Waals surface area contributed by atoms with Crippen molar-refractivity contribution < 1.29 is 9.53 Å². The van der Waals surface area contributed by atoms with Crippen LogP contribution in [0.3, 0.4) is 0 Å². The molecule has 2 aliphatic heterocycles. The molecule has 1 atom stereocenters. The predicted octanol–water partition coefficient (Wildman–Crippen LogP) is 3.00. The minimum Gasteiger partial charge on any atom is -0.372 e. The predicted molar refractivity (Wildman–Crippen MR) is 103 cm³/mol. The molecule has 1 unspecified atom stereocenters. The lowest BCUT2D eigenvalue weighted by atomic mass is 9.92. The minimum atomic E-state index is -0.0769. The second-order valence-corrected chi connectivity index (χ2v) is 8.20. The van der Waals surface area contributed by atoms with Crippen molar-refractivity contribution in [3.05, 3.63) is 29.6 Å². The molecule has 2 saturated heterocycles. The molecule has 3 rings (SSSR count). The fourth-order valence-electron chi connectivity index (χ4n) is 4.21. The highest BCUT2D eigenvalue weighted by Gasteiger charge is 2.38. The molecule has 1 aromatic rings. The van der Waals surface area contributed by atoms with Gasteiger partial charge in [-0.15, -0.1) is 0 Å².